The number of nitrogens with zero attached hydrogens (tertiary/aromatic N) is 3. The van der Waals surface area contributed by atoms with Gasteiger partial charge in [-0.3, -0.25) is 9.88 Å². The molecule has 1 aromatic carbocycles. The number of piperazine rings is 1. The van der Waals surface area contributed by atoms with Crippen LogP contribution in [-0.2, 0) is 0 Å². The first-order chi connectivity index (χ1) is 10.8. The second-order valence-corrected chi connectivity index (χ2v) is 5.55. The molecule has 0 spiro atoms. The third-order valence-electron chi connectivity index (χ3n) is 4.09. The lowest BCUT2D eigenvalue weighted by atomic mass is 10.2. The Balaban J connectivity index is 0.00000192. The summed E-state index contributed by atoms with van der Waals surface area (Å²) in [6, 6.07) is 12.6. The smallest absolute Gasteiger partial charge is 0.0736 e. The summed E-state index contributed by atoms with van der Waals surface area (Å²) in [5.74, 6) is 0. The molecule has 3 rings (SSSR count). The quantitative estimate of drug-likeness (QED) is 0.879. The average Bonchev–Trinajstić information content (AvgIpc) is 2.58. The van der Waals surface area contributed by atoms with Crippen LogP contribution in [0.1, 0.15) is 0 Å². The van der Waals surface area contributed by atoms with E-state index in [2.05, 4.69) is 50.4 Å². The minimum absolute atomic E-state index is 0. The first-order valence-electron chi connectivity index (χ1n) is 7.78. The van der Waals surface area contributed by atoms with Gasteiger partial charge in [-0.05, 0) is 18.2 Å². The van der Waals surface area contributed by atoms with Gasteiger partial charge in [0.1, 0.15) is 0 Å². The van der Waals surface area contributed by atoms with Crippen molar-refractivity contribution in [3.8, 4) is 0 Å². The predicted molar refractivity (Wildman–Crippen MR) is 99.5 cm³/mol. The van der Waals surface area contributed by atoms with Crippen LogP contribution in [0, 0.1) is 0 Å². The molecule has 0 bridgehead atoms. The van der Waals surface area contributed by atoms with Crippen LogP contribution < -0.4 is 16.0 Å². The highest BCUT2D eigenvalue weighted by Crippen LogP contribution is 2.16. The number of rotatable bonds is 5. The fourth-order valence-electron chi connectivity index (χ4n) is 2.78. The van der Waals surface area contributed by atoms with Gasteiger partial charge in [0.05, 0.1) is 17.6 Å². The second kappa shape index (κ2) is 8.60. The largest absolute Gasteiger partial charge is 0.396 e. The molecule has 1 saturated heterocycles. The van der Waals surface area contributed by atoms with E-state index in [-0.39, 0.29) is 12.4 Å². The van der Waals surface area contributed by atoms with E-state index in [9.17, 15) is 0 Å². The van der Waals surface area contributed by atoms with E-state index >= 15 is 0 Å². The molecule has 0 amide bonds. The summed E-state index contributed by atoms with van der Waals surface area (Å²) < 4.78 is 0. The molecule has 23 heavy (non-hydrogen) atoms. The van der Waals surface area contributed by atoms with Crippen molar-refractivity contribution in [2.45, 2.75) is 0 Å². The Labute approximate surface area is 143 Å². The predicted octanol–water partition coefficient (Wildman–Crippen LogP) is 2.32. The number of aromatic nitrogens is 1. The van der Waals surface area contributed by atoms with E-state index in [1.807, 2.05) is 6.07 Å². The van der Waals surface area contributed by atoms with Crippen molar-refractivity contribution in [3.63, 3.8) is 0 Å². The van der Waals surface area contributed by atoms with Crippen LogP contribution in [-0.4, -0.2) is 49.2 Å². The number of hydrogen-bond acceptors (Lipinski definition) is 5. The second-order valence-electron chi connectivity index (χ2n) is 5.55. The molecule has 0 radical (unpaired) electrons. The maximum Gasteiger partial charge on any atom is 0.0736 e. The summed E-state index contributed by atoms with van der Waals surface area (Å²) in [7, 11) is 0. The van der Waals surface area contributed by atoms with Gasteiger partial charge in [0, 0.05) is 51.2 Å². The zero-order valence-electron chi connectivity index (χ0n) is 13.2. The van der Waals surface area contributed by atoms with Crippen LogP contribution in [0.5, 0.6) is 0 Å². The van der Waals surface area contributed by atoms with Gasteiger partial charge in [-0.25, -0.2) is 0 Å². The summed E-state index contributed by atoms with van der Waals surface area (Å²) in [4.78, 5) is 8.94. The lowest BCUT2D eigenvalue weighted by Gasteiger charge is -2.36. The number of para-hydroxylation sites is 1. The SMILES string of the molecule is Cl.Nc1cnccc1NCCN1CCN(c2ccccc2)CC1. The molecule has 0 atom stereocenters. The minimum atomic E-state index is 0. The number of halogens is 1. The number of nitrogens with two attached hydrogens (primary N) is 1. The van der Waals surface area contributed by atoms with Crippen molar-refractivity contribution in [1.82, 2.24) is 9.88 Å². The summed E-state index contributed by atoms with van der Waals surface area (Å²) in [6.45, 7) is 6.30. The highest BCUT2D eigenvalue weighted by molar-refractivity contribution is 5.85. The van der Waals surface area contributed by atoms with E-state index < -0.39 is 0 Å². The Hall–Kier alpha value is -1.98. The summed E-state index contributed by atoms with van der Waals surface area (Å²) in [5, 5.41) is 3.38. The van der Waals surface area contributed by atoms with Crippen molar-refractivity contribution >= 4 is 29.5 Å². The van der Waals surface area contributed by atoms with Crippen LogP contribution in [0.15, 0.2) is 48.8 Å². The third-order valence-corrected chi connectivity index (χ3v) is 4.09. The molecule has 0 aliphatic carbocycles. The van der Waals surface area contributed by atoms with Crippen molar-refractivity contribution in [3.05, 3.63) is 48.8 Å². The van der Waals surface area contributed by atoms with E-state index in [0.29, 0.717) is 5.69 Å². The molecule has 1 aliphatic rings. The molecule has 5 nitrogen and oxygen atoms in total. The molecule has 1 fully saturated rings. The first kappa shape index (κ1) is 17.4. The fourth-order valence-corrected chi connectivity index (χ4v) is 2.78. The van der Waals surface area contributed by atoms with Crippen molar-refractivity contribution in [1.29, 1.82) is 0 Å². The number of benzene rings is 1. The molecule has 1 aliphatic heterocycles. The lowest BCUT2D eigenvalue weighted by molar-refractivity contribution is 0.267. The van der Waals surface area contributed by atoms with Gasteiger partial charge >= 0.3 is 0 Å². The highest BCUT2D eigenvalue weighted by atomic mass is 35.5. The van der Waals surface area contributed by atoms with E-state index in [4.69, 9.17) is 5.73 Å². The molecule has 6 heteroatoms. The molecule has 3 N–H and O–H groups in total. The third kappa shape index (κ3) is 4.74. The highest BCUT2D eigenvalue weighted by Gasteiger charge is 2.16. The van der Waals surface area contributed by atoms with Gasteiger partial charge in [0.2, 0.25) is 0 Å². The summed E-state index contributed by atoms with van der Waals surface area (Å²) in [6.07, 6.45) is 3.44. The van der Waals surface area contributed by atoms with Crippen molar-refractivity contribution < 1.29 is 0 Å². The monoisotopic (exact) mass is 333 g/mol. The molecule has 1 aromatic heterocycles. The number of nitrogens with one attached hydrogen (secondary N) is 1. The standard InChI is InChI=1S/C17H23N5.ClH/c18-16-14-19-7-6-17(16)20-8-9-21-10-12-22(13-11-21)15-4-2-1-3-5-15;/h1-7,14H,8-13,18H2,(H,19,20);1H. The zero-order valence-corrected chi connectivity index (χ0v) is 14.0. The number of pyridine rings is 1. The molecule has 0 unspecified atom stereocenters. The van der Waals surface area contributed by atoms with Gasteiger partial charge in [-0.2, -0.15) is 0 Å². The first-order valence-corrected chi connectivity index (χ1v) is 7.78. The van der Waals surface area contributed by atoms with Gasteiger partial charge < -0.3 is 16.0 Å². The van der Waals surface area contributed by atoms with E-state index in [0.717, 1.165) is 45.0 Å². The maximum atomic E-state index is 5.88. The fraction of sp³-hybridized carbons (Fsp3) is 0.353. The van der Waals surface area contributed by atoms with Gasteiger partial charge in [0.25, 0.3) is 0 Å². The molecule has 0 saturated carbocycles. The van der Waals surface area contributed by atoms with E-state index in [1.165, 1.54) is 5.69 Å². The van der Waals surface area contributed by atoms with Crippen LogP contribution in [0.4, 0.5) is 17.1 Å². The topological polar surface area (TPSA) is 57.4 Å². The number of hydrogen-bond donors (Lipinski definition) is 2. The Morgan fingerprint density at radius 3 is 2.48 bits per heavy atom. The zero-order chi connectivity index (χ0) is 15.2. The number of nitrogen functional groups attached to an aromatic ring is 1. The maximum absolute atomic E-state index is 5.88. The summed E-state index contributed by atoms with van der Waals surface area (Å²) in [5.41, 5.74) is 8.88. The Morgan fingerprint density at radius 2 is 1.78 bits per heavy atom. The molecule has 2 heterocycles. The number of anilines is 3. The Bertz CT molecular complexity index is 585. The van der Waals surface area contributed by atoms with Gasteiger partial charge in [0.15, 0.2) is 0 Å². The lowest BCUT2D eigenvalue weighted by Crippen LogP contribution is -2.47. The van der Waals surface area contributed by atoms with Crippen LogP contribution >= 0.6 is 12.4 Å². The molecular formula is C17H24ClN5. The van der Waals surface area contributed by atoms with Crippen LogP contribution in [0.25, 0.3) is 0 Å². The minimum Gasteiger partial charge on any atom is -0.396 e. The van der Waals surface area contributed by atoms with Gasteiger partial charge in [-0.15, -0.1) is 12.4 Å². The average molecular weight is 334 g/mol. The van der Waals surface area contributed by atoms with Crippen LogP contribution in [0.3, 0.4) is 0 Å². The van der Waals surface area contributed by atoms with Crippen LogP contribution in [0.2, 0.25) is 0 Å². The molecule has 124 valence electrons. The van der Waals surface area contributed by atoms with E-state index in [1.54, 1.807) is 12.4 Å². The molecule has 2 aromatic rings. The van der Waals surface area contributed by atoms with Gasteiger partial charge in [-0.1, -0.05) is 18.2 Å². The van der Waals surface area contributed by atoms with Crippen molar-refractivity contribution in [2.75, 3.05) is 55.2 Å². The normalized spacial score (nSPS) is 15.0. The Kier molecular flexibility index (Phi) is 6.50. The van der Waals surface area contributed by atoms with Crippen molar-refractivity contribution in [2.24, 2.45) is 0 Å². The summed E-state index contributed by atoms with van der Waals surface area (Å²) >= 11 is 0. The Morgan fingerprint density at radius 1 is 1.04 bits per heavy atom. The molecular weight excluding hydrogens is 310 g/mol.